The highest BCUT2D eigenvalue weighted by molar-refractivity contribution is 8.00. The lowest BCUT2D eigenvalue weighted by molar-refractivity contribution is 0.483. The first-order valence-electron chi connectivity index (χ1n) is 7.46. The Hall–Kier alpha value is -0.470. The standard InChI is InChI=1S/C17H27NS/c1-6-9-18-15-10-12(2)19-16-8-7-13(11-14(15)16)17(3,4)5/h7-8,11-12,15,18H,6,9-10H2,1-5H3. The lowest BCUT2D eigenvalue weighted by atomic mass is 9.85. The van der Waals surface area contributed by atoms with Gasteiger partial charge in [0.1, 0.15) is 0 Å². The van der Waals surface area contributed by atoms with Crippen molar-refractivity contribution in [3.8, 4) is 0 Å². The van der Waals surface area contributed by atoms with Crippen molar-refractivity contribution in [2.75, 3.05) is 6.54 Å². The fraction of sp³-hybridized carbons (Fsp3) is 0.647. The van der Waals surface area contributed by atoms with E-state index in [9.17, 15) is 0 Å². The highest BCUT2D eigenvalue weighted by atomic mass is 32.2. The fourth-order valence-corrected chi connectivity index (χ4v) is 3.84. The Labute approximate surface area is 122 Å². The van der Waals surface area contributed by atoms with Crippen molar-refractivity contribution in [2.45, 2.75) is 69.1 Å². The average molecular weight is 277 g/mol. The molecule has 19 heavy (non-hydrogen) atoms. The summed E-state index contributed by atoms with van der Waals surface area (Å²) in [6.07, 6.45) is 2.44. The molecule has 1 N–H and O–H groups in total. The highest BCUT2D eigenvalue weighted by Gasteiger charge is 2.26. The molecule has 106 valence electrons. The molecule has 2 heteroatoms. The van der Waals surface area contributed by atoms with Crippen LogP contribution in [0, 0.1) is 0 Å². The Bertz CT molecular complexity index is 433. The molecule has 0 saturated carbocycles. The third kappa shape index (κ3) is 3.55. The zero-order chi connectivity index (χ0) is 14.0. The molecule has 0 spiro atoms. The van der Waals surface area contributed by atoms with E-state index in [0.29, 0.717) is 11.3 Å². The summed E-state index contributed by atoms with van der Waals surface area (Å²) >= 11 is 2.03. The van der Waals surface area contributed by atoms with Gasteiger partial charge in [-0.1, -0.05) is 46.8 Å². The highest BCUT2D eigenvalue weighted by Crippen LogP contribution is 2.42. The van der Waals surface area contributed by atoms with Crippen LogP contribution >= 0.6 is 11.8 Å². The van der Waals surface area contributed by atoms with Crippen LogP contribution in [0.3, 0.4) is 0 Å². The molecule has 1 aromatic carbocycles. The molecule has 1 aromatic rings. The summed E-state index contributed by atoms with van der Waals surface area (Å²) in [6.45, 7) is 12.6. The van der Waals surface area contributed by atoms with Crippen molar-refractivity contribution < 1.29 is 0 Å². The Morgan fingerprint density at radius 2 is 2.05 bits per heavy atom. The van der Waals surface area contributed by atoms with Gasteiger partial charge < -0.3 is 5.32 Å². The van der Waals surface area contributed by atoms with Crippen molar-refractivity contribution in [1.29, 1.82) is 0 Å². The molecule has 0 amide bonds. The number of nitrogens with one attached hydrogen (secondary N) is 1. The third-order valence-electron chi connectivity index (χ3n) is 3.79. The first-order valence-corrected chi connectivity index (χ1v) is 8.34. The van der Waals surface area contributed by atoms with Crippen molar-refractivity contribution in [2.24, 2.45) is 0 Å². The Kier molecular flexibility index (Phi) is 4.62. The van der Waals surface area contributed by atoms with Gasteiger partial charge in [-0.3, -0.25) is 0 Å². The second kappa shape index (κ2) is 5.88. The molecule has 1 heterocycles. The van der Waals surface area contributed by atoms with Gasteiger partial charge in [-0.05, 0) is 42.0 Å². The van der Waals surface area contributed by atoms with Gasteiger partial charge in [0.15, 0.2) is 0 Å². The molecular weight excluding hydrogens is 250 g/mol. The topological polar surface area (TPSA) is 12.0 Å². The quantitative estimate of drug-likeness (QED) is 0.842. The summed E-state index contributed by atoms with van der Waals surface area (Å²) in [5.41, 5.74) is 3.20. The molecule has 2 rings (SSSR count). The molecule has 1 aliphatic rings. The molecule has 2 atom stereocenters. The zero-order valence-electron chi connectivity index (χ0n) is 12.9. The van der Waals surface area contributed by atoms with Gasteiger partial charge in [-0.15, -0.1) is 11.8 Å². The minimum Gasteiger partial charge on any atom is -0.310 e. The van der Waals surface area contributed by atoms with Crippen LogP contribution in [0.5, 0.6) is 0 Å². The van der Waals surface area contributed by atoms with Gasteiger partial charge in [-0.2, -0.15) is 0 Å². The molecule has 1 aliphatic heterocycles. The minimum atomic E-state index is 0.234. The van der Waals surface area contributed by atoms with Crippen molar-refractivity contribution in [3.63, 3.8) is 0 Å². The van der Waals surface area contributed by atoms with E-state index in [-0.39, 0.29) is 5.41 Å². The maximum atomic E-state index is 3.72. The van der Waals surface area contributed by atoms with E-state index in [1.54, 1.807) is 0 Å². The Balaban J connectivity index is 2.33. The number of hydrogen-bond acceptors (Lipinski definition) is 2. The van der Waals surface area contributed by atoms with Crippen molar-refractivity contribution in [3.05, 3.63) is 29.3 Å². The molecule has 0 fully saturated rings. The molecule has 0 aromatic heterocycles. The maximum Gasteiger partial charge on any atom is 0.0342 e. The molecule has 1 nitrogen and oxygen atoms in total. The van der Waals surface area contributed by atoms with E-state index in [0.717, 1.165) is 6.54 Å². The zero-order valence-corrected chi connectivity index (χ0v) is 13.7. The summed E-state index contributed by atoms with van der Waals surface area (Å²) in [4.78, 5) is 1.47. The van der Waals surface area contributed by atoms with E-state index in [1.165, 1.54) is 28.9 Å². The molecular formula is C17H27NS. The van der Waals surface area contributed by atoms with Crippen LogP contribution in [-0.2, 0) is 5.41 Å². The first kappa shape index (κ1) is 14.9. The number of thioether (sulfide) groups is 1. The Morgan fingerprint density at radius 3 is 2.68 bits per heavy atom. The number of fused-ring (bicyclic) bond motifs is 1. The van der Waals surface area contributed by atoms with Gasteiger partial charge >= 0.3 is 0 Å². The van der Waals surface area contributed by atoms with Crippen molar-refractivity contribution >= 4 is 11.8 Å². The SMILES string of the molecule is CCCNC1CC(C)Sc2ccc(C(C)(C)C)cc21. The average Bonchev–Trinajstić information content (AvgIpc) is 2.34. The van der Waals surface area contributed by atoms with Gasteiger partial charge in [0, 0.05) is 16.2 Å². The fourth-order valence-electron chi connectivity index (χ4n) is 2.63. The second-order valence-electron chi connectivity index (χ2n) is 6.67. The summed E-state index contributed by atoms with van der Waals surface area (Å²) in [7, 11) is 0. The second-order valence-corrected chi connectivity index (χ2v) is 8.15. The normalized spacial score (nSPS) is 23.2. The minimum absolute atomic E-state index is 0.234. The van der Waals surface area contributed by atoms with Gasteiger partial charge in [0.05, 0.1) is 0 Å². The molecule has 0 bridgehead atoms. The summed E-state index contributed by atoms with van der Waals surface area (Å²) < 4.78 is 0. The largest absolute Gasteiger partial charge is 0.310 e. The third-order valence-corrected chi connectivity index (χ3v) is 5.01. The van der Waals surface area contributed by atoms with Crippen LogP contribution in [0.15, 0.2) is 23.1 Å². The molecule has 0 radical (unpaired) electrons. The number of benzene rings is 1. The van der Waals surface area contributed by atoms with E-state index in [2.05, 4.69) is 58.1 Å². The lowest BCUT2D eigenvalue weighted by Crippen LogP contribution is -2.28. The maximum absolute atomic E-state index is 3.72. The van der Waals surface area contributed by atoms with Crippen LogP contribution in [0.25, 0.3) is 0 Å². The van der Waals surface area contributed by atoms with Crippen molar-refractivity contribution in [1.82, 2.24) is 5.32 Å². The molecule has 2 unspecified atom stereocenters. The first-order chi connectivity index (χ1) is 8.91. The Morgan fingerprint density at radius 1 is 1.32 bits per heavy atom. The van der Waals surface area contributed by atoms with Crippen LogP contribution in [0.2, 0.25) is 0 Å². The van der Waals surface area contributed by atoms with Crippen LogP contribution in [0.1, 0.15) is 64.6 Å². The van der Waals surface area contributed by atoms with Crippen LogP contribution in [-0.4, -0.2) is 11.8 Å². The summed E-state index contributed by atoms with van der Waals surface area (Å²) in [5, 5.41) is 4.43. The molecule has 0 saturated heterocycles. The predicted octanol–water partition coefficient (Wildman–Crippen LogP) is 4.91. The predicted molar refractivity (Wildman–Crippen MR) is 86.1 cm³/mol. The van der Waals surface area contributed by atoms with Gasteiger partial charge in [0.25, 0.3) is 0 Å². The summed E-state index contributed by atoms with van der Waals surface area (Å²) in [5.74, 6) is 0. The number of rotatable bonds is 3. The van der Waals surface area contributed by atoms with Gasteiger partial charge in [0.2, 0.25) is 0 Å². The number of hydrogen-bond donors (Lipinski definition) is 1. The molecule has 0 aliphatic carbocycles. The van der Waals surface area contributed by atoms with Crippen LogP contribution < -0.4 is 5.32 Å². The smallest absolute Gasteiger partial charge is 0.0342 e. The lowest BCUT2D eigenvalue weighted by Gasteiger charge is -2.32. The summed E-state index contributed by atoms with van der Waals surface area (Å²) in [6, 6.07) is 7.60. The van der Waals surface area contributed by atoms with Gasteiger partial charge in [-0.25, -0.2) is 0 Å². The van der Waals surface area contributed by atoms with E-state index in [1.807, 2.05) is 11.8 Å². The monoisotopic (exact) mass is 277 g/mol. The van der Waals surface area contributed by atoms with Crippen LogP contribution in [0.4, 0.5) is 0 Å². The van der Waals surface area contributed by atoms with E-state index < -0.39 is 0 Å². The van der Waals surface area contributed by atoms with E-state index >= 15 is 0 Å². The van der Waals surface area contributed by atoms with E-state index in [4.69, 9.17) is 0 Å².